The Morgan fingerprint density at radius 1 is 1.69 bits per heavy atom. The second-order valence-electron chi connectivity index (χ2n) is 3.49. The van der Waals surface area contributed by atoms with Crippen molar-refractivity contribution in [2.75, 3.05) is 13.1 Å². The Morgan fingerprint density at radius 2 is 2.31 bits per heavy atom. The highest BCUT2D eigenvalue weighted by Crippen LogP contribution is 2.29. The van der Waals surface area contributed by atoms with E-state index in [9.17, 15) is 4.79 Å². The number of nitrogens with two attached hydrogens (primary N) is 1. The van der Waals surface area contributed by atoms with E-state index in [2.05, 4.69) is 4.90 Å². The molecule has 13 heavy (non-hydrogen) atoms. The van der Waals surface area contributed by atoms with E-state index in [4.69, 9.17) is 10.8 Å². The lowest BCUT2D eigenvalue weighted by molar-refractivity contribution is -0.143. The number of nitrogens with zero attached hydrogens (tertiary/aromatic N) is 1. The predicted molar refractivity (Wildman–Crippen MR) is 50.5 cm³/mol. The number of likely N-dealkylation sites (N-methyl/N-ethyl adjacent to an activating group) is 1. The molecule has 1 saturated carbocycles. The van der Waals surface area contributed by atoms with Gasteiger partial charge in [-0.25, -0.2) is 0 Å². The summed E-state index contributed by atoms with van der Waals surface area (Å²) in [5, 5.41) is 8.99. The van der Waals surface area contributed by atoms with Crippen LogP contribution < -0.4 is 5.73 Å². The molecule has 1 atom stereocenters. The van der Waals surface area contributed by atoms with Crippen LogP contribution in [-0.2, 0) is 4.79 Å². The van der Waals surface area contributed by atoms with Crippen molar-refractivity contribution in [3.63, 3.8) is 0 Å². The maximum atomic E-state index is 10.9. The lowest BCUT2D eigenvalue weighted by Gasteiger charge is -2.26. The normalized spacial score (nSPS) is 19.0. The van der Waals surface area contributed by atoms with E-state index in [1.54, 1.807) is 0 Å². The SMILES string of the molecule is CCN(C1CC1)C(CCN)C(=O)O. The van der Waals surface area contributed by atoms with Crippen LogP contribution in [0.25, 0.3) is 0 Å². The second-order valence-corrected chi connectivity index (χ2v) is 3.49. The van der Waals surface area contributed by atoms with E-state index >= 15 is 0 Å². The zero-order valence-corrected chi connectivity index (χ0v) is 8.07. The highest BCUT2D eigenvalue weighted by Gasteiger charge is 2.35. The van der Waals surface area contributed by atoms with Crippen molar-refractivity contribution in [2.24, 2.45) is 5.73 Å². The van der Waals surface area contributed by atoms with Gasteiger partial charge in [-0.3, -0.25) is 9.69 Å². The Balaban J connectivity index is 2.53. The standard InChI is InChI=1S/C9H18N2O2/c1-2-11(7-3-4-7)8(5-6-10)9(12)13/h7-8H,2-6,10H2,1H3,(H,12,13). The molecule has 1 aliphatic rings. The number of carboxylic acids is 1. The fourth-order valence-electron chi connectivity index (χ4n) is 1.73. The molecule has 0 amide bonds. The summed E-state index contributed by atoms with van der Waals surface area (Å²) in [5.41, 5.74) is 5.39. The van der Waals surface area contributed by atoms with Gasteiger partial charge in [-0.05, 0) is 32.4 Å². The zero-order chi connectivity index (χ0) is 9.84. The van der Waals surface area contributed by atoms with Crippen molar-refractivity contribution < 1.29 is 9.90 Å². The number of carboxylic acid groups (broad SMARTS) is 1. The van der Waals surface area contributed by atoms with Crippen LogP contribution in [0.4, 0.5) is 0 Å². The van der Waals surface area contributed by atoms with E-state index in [-0.39, 0.29) is 6.04 Å². The van der Waals surface area contributed by atoms with Crippen LogP contribution in [-0.4, -0.2) is 41.1 Å². The maximum absolute atomic E-state index is 10.9. The monoisotopic (exact) mass is 186 g/mol. The number of aliphatic carboxylic acids is 1. The van der Waals surface area contributed by atoms with E-state index in [0.29, 0.717) is 19.0 Å². The number of hydrogen-bond acceptors (Lipinski definition) is 3. The minimum Gasteiger partial charge on any atom is -0.480 e. The van der Waals surface area contributed by atoms with Crippen LogP contribution >= 0.6 is 0 Å². The quantitative estimate of drug-likeness (QED) is 0.625. The molecule has 0 aromatic rings. The van der Waals surface area contributed by atoms with Gasteiger partial charge in [0.1, 0.15) is 6.04 Å². The molecule has 1 aliphatic carbocycles. The summed E-state index contributed by atoms with van der Waals surface area (Å²) in [5.74, 6) is -0.737. The third-order valence-corrected chi connectivity index (χ3v) is 2.51. The van der Waals surface area contributed by atoms with Gasteiger partial charge in [-0.2, -0.15) is 0 Å². The van der Waals surface area contributed by atoms with Crippen LogP contribution in [0.15, 0.2) is 0 Å². The first-order chi connectivity index (χ1) is 6.20. The molecule has 0 bridgehead atoms. The van der Waals surface area contributed by atoms with Gasteiger partial charge in [0.25, 0.3) is 0 Å². The molecule has 0 spiro atoms. The number of rotatable bonds is 6. The van der Waals surface area contributed by atoms with E-state index in [1.807, 2.05) is 6.92 Å². The molecule has 76 valence electrons. The molecule has 0 aliphatic heterocycles. The number of hydrogen-bond donors (Lipinski definition) is 2. The van der Waals surface area contributed by atoms with E-state index < -0.39 is 5.97 Å². The zero-order valence-electron chi connectivity index (χ0n) is 8.07. The predicted octanol–water partition coefficient (Wildman–Crippen LogP) is 0.273. The first-order valence-corrected chi connectivity index (χ1v) is 4.89. The van der Waals surface area contributed by atoms with Crippen molar-refractivity contribution in [3.8, 4) is 0 Å². The van der Waals surface area contributed by atoms with Crippen molar-refractivity contribution in [1.82, 2.24) is 4.90 Å². The van der Waals surface area contributed by atoms with Crippen LogP contribution in [0.3, 0.4) is 0 Å². The summed E-state index contributed by atoms with van der Waals surface area (Å²) >= 11 is 0. The van der Waals surface area contributed by atoms with Crippen LogP contribution in [0.5, 0.6) is 0 Å². The van der Waals surface area contributed by atoms with Gasteiger partial charge in [0.2, 0.25) is 0 Å². The van der Waals surface area contributed by atoms with Gasteiger partial charge in [0.05, 0.1) is 0 Å². The van der Waals surface area contributed by atoms with Gasteiger partial charge in [-0.1, -0.05) is 6.92 Å². The van der Waals surface area contributed by atoms with Gasteiger partial charge >= 0.3 is 5.97 Å². The molecule has 0 aromatic heterocycles. The summed E-state index contributed by atoms with van der Waals surface area (Å²) < 4.78 is 0. The van der Waals surface area contributed by atoms with Crippen LogP contribution in [0, 0.1) is 0 Å². The van der Waals surface area contributed by atoms with Crippen LogP contribution in [0.1, 0.15) is 26.2 Å². The molecule has 3 N–H and O–H groups in total. The molecular formula is C9H18N2O2. The molecule has 4 nitrogen and oxygen atoms in total. The summed E-state index contributed by atoms with van der Waals surface area (Å²) in [6, 6.07) is 0.125. The van der Waals surface area contributed by atoms with Crippen molar-refractivity contribution >= 4 is 5.97 Å². The Morgan fingerprint density at radius 3 is 2.62 bits per heavy atom. The summed E-state index contributed by atoms with van der Waals surface area (Å²) in [6.07, 6.45) is 2.84. The van der Waals surface area contributed by atoms with E-state index in [1.165, 1.54) is 0 Å². The lowest BCUT2D eigenvalue weighted by atomic mass is 10.1. The second kappa shape index (κ2) is 4.58. The highest BCUT2D eigenvalue weighted by molar-refractivity contribution is 5.73. The molecule has 0 heterocycles. The fourth-order valence-corrected chi connectivity index (χ4v) is 1.73. The van der Waals surface area contributed by atoms with Gasteiger partial charge in [0, 0.05) is 6.04 Å². The third-order valence-electron chi connectivity index (χ3n) is 2.51. The first-order valence-electron chi connectivity index (χ1n) is 4.89. The van der Waals surface area contributed by atoms with Gasteiger partial charge in [0.15, 0.2) is 0 Å². The molecule has 1 fully saturated rings. The molecule has 1 rings (SSSR count). The Labute approximate surface area is 78.7 Å². The molecule has 4 heteroatoms. The van der Waals surface area contributed by atoms with Crippen molar-refractivity contribution in [2.45, 2.75) is 38.3 Å². The van der Waals surface area contributed by atoms with Crippen molar-refractivity contribution in [3.05, 3.63) is 0 Å². The minimum atomic E-state index is -0.737. The Hall–Kier alpha value is -0.610. The lowest BCUT2D eigenvalue weighted by Crippen LogP contribution is -2.43. The summed E-state index contributed by atoms with van der Waals surface area (Å²) in [7, 11) is 0. The van der Waals surface area contributed by atoms with Gasteiger partial charge in [-0.15, -0.1) is 0 Å². The summed E-state index contributed by atoms with van der Waals surface area (Å²) in [4.78, 5) is 13.0. The number of carbonyl (C=O) groups is 1. The smallest absolute Gasteiger partial charge is 0.320 e. The molecular weight excluding hydrogens is 168 g/mol. The maximum Gasteiger partial charge on any atom is 0.320 e. The molecule has 0 aromatic carbocycles. The summed E-state index contributed by atoms with van der Waals surface area (Å²) in [6.45, 7) is 3.26. The molecule has 0 radical (unpaired) electrons. The Bertz CT molecular complexity index is 180. The van der Waals surface area contributed by atoms with Crippen LogP contribution in [0.2, 0.25) is 0 Å². The average Bonchev–Trinajstić information content (AvgIpc) is 2.88. The molecule has 1 unspecified atom stereocenters. The van der Waals surface area contributed by atoms with Gasteiger partial charge < -0.3 is 10.8 Å². The fraction of sp³-hybridized carbons (Fsp3) is 0.889. The molecule has 0 saturated heterocycles. The minimum absolute atomic E-state index is 0.373. The average molecular weight is 186 g/mol. The van der Waals surface area contributed by atoms with E-state index in [0.717, 1.165) is 19.4 Å². The first kappa shape index (κ1) is 10.5. The Kier molecular flexibility index (Phi) is 3.69. The van der Waals surface area contributed by atoms with Crippen molar-refractivity contribution in [1.29, 1.82) is 0 Å². The topological polar surface area (TPSA) is 66.6 Å². The third kappa shape index (κ3) is 2.67. The largest absolute Gasteiger partial charge is 0.480 e. The highest BCUT2D eigenvalue weighted by atomic mass is 16.4.